The lowest BCUT2D eigenvalue weighted by Crippen LogP contribution is -2.50. The zero-order valence-electron chi connectivity index (χ0n) is 20.6. The van der Waals surface area contributed by atoms with Gasteiger partial charge in [-0.3, -0.25) is 0 Å². The van der Waals surface area contributed by atoms with Gasteiger partial charge in [-0.05, 0) is 96.4 Å². The van der Waals surface area contributed by atoms with Gasteiger partial charge in [0, 0.05) is 0 Å². The fourth-order valence-corrected chi connectivity index (χ4v) is 7.94. The van der Waals surface area contributed by atoms with Gasteiger partial charge in [0.2, 0.25) is 0 Å². The molecule has 1 unspecified atom stereocenters. The highest BCUT2D eigenvalue weighted by atomic mass is 16.3. The largest absolute Gasteiger partial charge is 0.393 e. The van der Waals surface area contributed by atoms with Crippen LogP contribution < -0.4 is 0 Å². The van der Waals surface area contributed by atoms with Crippen molar-refractivity contribution in [1.29, 1.82) is 0 Å². The monoisotopic (exact) mass is 410 g/mol. The summed E-state index contributed by atoms with van der Waals surface area (Å²) in [6.07, 6.45) is 17.4. The minimum Gasteiger partial charge on any atom is -0.393 e. The molecule has 30 heavy (non-hydrogen) atoms. The van der Waals surface area contributed by atoms with E-state index in [9.17, 15) is 5.11 Å². The van der Waals surface area contributed by atoms with Gasteiger partial charge in [0.15, 0.2) is 0 Å². The Kier molecular flexibility index (Phi) is 5.93. The summed E-state index contributed by atoms with van der Waals surface area (Å²) in [5.41, 5.74) is 4.23. The number of aliphatic hydroxyl groups excluding tert-OH is 1. The highest BCUT2D eigenvalue weighted by Gasteiger charge is 2.55. The van der Waals surface area contributed by atoms with Crippen LogP contribution in [0.3, 0.4) is 0 Å². The number of fused-ring (bicyclic) bond motifs is 4. The molecule has 168 valence electrons. The van der Waals surface area contributed by atoms with Crippen LogP contribution in [0.15, 0.2) is 35.5 Å². The lowest BCUT2D eigenvalue weighted by molar-refractivity contribution is -0.0443. The molecule has 9 atom stereocenters. The van der Waals surface area contributed by atoms with Crippen LogP contribution in [0.4, 0.5) is 0 Å². The van der Waals surface area contributed by atoms with Crippen molar-refractivity contribution in [3.63, 3.8) is 0 Å². The van der Waals surface area contributed by atoms with Crippen molar-refractivity contribution in [1.82, 2.24) is 0 Å². The summed E-state index contributed by atoms with van der Waals surface area (Å²) in [5.74, 6) is 4.46. The highest BCUT2D eigenvalue weighted by molar-refractivity contribution is 5.42. The highest BCUT2D eigenvalue weighted by Crippen LogP contribution is 2.64. The Hall–Kier alpha value is -0.820. The molecule has 0 heterocycles. The van der Waals surface area contributed by atoms with Gasteiger partial charge in [-0.2, -0.15) is 0 Å². The molecule has 1 heteroatoms. The Balaban J connectivity index is 1.63. The van der Waals surface area contributed by atoms with Crippen molar-refractivity contribution in [2.75, 3.05) is 0 Å². The molecule has 0 radical (unpaired) electrons. The Morgan fingerprint density at radius 1 is 1.03 bits per heavy atom. The first-order valence-electron chi connectivity index (χ1n) is 12.9. The second-order valence-corrected chi connectivity index (χ2v) is 12.3. The fourth-order valence-electron chi connectivity index (χ4n) is 7.94. The Bertz CT molecular complexity index is 741. The van der Waals surface area contributed by atoms with Crippen molar-refractivity contribution in [2.24, 2.45) is 52.3 Å². The van der Waals surface area contributed by atoms with E-state index in [4.69, 9.17) is 0 Å². The van der Waals surface area contributed by atoms with Gasteiger partial charge in [0.25, 0.3) is 0 Å². The molecule has 0 aromatic heterocycles. The zero-order valence-corrected chi connectivity index (χ0v) is 20.6. The summed E-state index contributed by atoms with van der Waals surface area (Å²) in [6, 6.07) is 0. The minimum absolute atomic E-state index is 0.118. The van der Waals surface area contributed by atoms with E-state index in [0.717, 1.165) is 18.3 Å². The average Bonchev–Trinajstić information content (AvgIpc) is 3.06. The first-order chi connectivity index (χ1) is 14.1. The predicted molar refractivity (Wildman–Crippen MR) is 128 cm³/mol. The maximum absolute atomic E-state index is 10.5. The molecule has 0 spiro atoms. The van der Waals surface area contributed by atoms with Crippen molar-refractivity contribution in [3.05, 3.63) is 35.5 Å². The molecular weight excluding hydrogens is 364 g/mol. The third-order valence-corrected chi connectivity index (χ3v) is 10.5. The summed E-state index contributed by atoms with van der Waals surface area (Å²) in [4.78, 5) is 0. The Morgan fingerprint density at radius 3 is 2.47 bits per heavy atom. The second-order valence-electron chi connectivity index (χ2n) is 12.3. The first-order valence-corrected chi connectivity index (χ1v) is 12.9. The van der Waals surface area contributed by atoms with Gasteiger partial charge in [0.1, 0.15) is 0 Å². The summed E-state index contributed by atoms with van der Waals surface area (Å²) in [5, 5.41) is 10.5. The maximum atomic E-state index is 10.5. The maximum Gasteiger partial charge on any atom is 0.0571 e. The zero-order chi connectivity index (χ0) is 21.8. The van der Waals surface area contributed by atoms with Crippen LogP contribution >= 0.6 is 0 Å². The van der Waals surface area contributed by atoms with E-state index in [1.54, 1.807) is 11.1 Å². The van der Waals surface area contributed by atoms with Crippen LogP contribution in [-0.2, 0) is 0 Å². The molecule has 2 fully saturated rings. The molecule has 4 aliphatic rings. The standard InChI is InChI=1S/C29H46O/c1-18(2)19(3)8-9-20(4)23-12-13-25-22-10-11-24-21(5)27(30)15-17-29(24,7)26(22)14-16-28(23,25)6/h8-11,18-21,23-24,26-27,30H,12-17H2,1-7H3/t19-,20+,21-,23+,24?,26-,27-,28+,29-/m0/s1. The van der Waals surface area contributed by atoms with E-state index in [1.165, 1.54) is 32.1 Å². The molecule has 4 aliphatic carbocycles. The van der Waals surface area contributed by atoms with Crippen LogP contribution in [0, 0.1) is 52.3 Å². The topological polar surface area (TPSA) is 20.2 Å². The molecule has 0 aromatic rings. The third-order valence-electron chi connectivity index (χ3n) is 10.5. The van der Waals surface area contributed by atoms with Crippen LogP contribution in [-0.4, -0.2) is 11.2 Å². The summed E-state index contributed by atoms with van der Waals surface area (Å²) in [6.45, 7) is 16.9. The van der Waals surface area contributed by atoms with Crippen LogP contribution in [0.1, 0.15) is 87.0 Å². The van der Waals surface area contributed by atoms with E-state index in [1.807, 2.05) is 0 Å². The molecule has 0 aliphatic heterocycles. The van der Waals surface area contributed by atoms with E-state index in [-0.39, 0.29) is 6.10 Å². The Morgan fingerprint density at radius 2 is 1.77 bits per heavy atom. The lowest BCUT2D eigenvalue weighted by atomic mass is 9.49. The van der Waals surface area contributed by atoms with Gasteiger partial charge in [-0.25, -0.2) is 0 Å². The number of hydrogen-bond acceptors (Lipinski definition) is 1. The molecule has 0 aromatic carbocycles. The van der Waals surface area contributed by atoms with Gasteiger partial charge >= 0.3 is 0 Å². The van der Waals surface area contributed by atoms with E-state index in [0.29, 0.717) is 40.4 Å². The number of hydrogen-bond donors (Lipinski definition) is 1. The molecule has 1 N–H and O–H groups in total. The van der Waals surface area contributed by atoms with Crippen LogP contribution in [0.2, 0.25) is 0 Å². The van der Waals surface area contributed by atoms with Crippen molar-refractivity contribution in [3.8, 4) is 0 Å². The summed E-state index contributed by atoms with van der Waals surface area (Å²) in [7, 11) is 0. The number of allylic oxidation sites excluding steroid dienone is 6. The van der Waals surface area contributed by atoms with Gasteiger partial charge in [-0.1, -0.05) is 78.3 Å². The average molecular weight is 411 g/mol. The molecule has 4 rings (SSSR count). The smallest absolute Gasteiger partial charge is 0.0571 e. The number of aliphatic hydroxyl groups is 1. The van der Waals surface area contributed by atoms with Crippen molar-refractivity contribution < 1.29 is 5.11 Å². The second kappa shape index (κ2) is 7.95. The first kappa shape index (κ1) is 22.4. The van der Waals surface area contributed by atoms with Gasteiger partial charge < -0.3 is 5.11 Å². The third kappa shape index (κ3) is 3.39. The van der Waals surface area contributed by atoms with E-state index < -0.39 is 0 Å². The molecule has 0 amide bonds. The van der Waals surface area contributed by atoms with Crippen LogP contribution in [0.25, 0.3) is 0 Å². The lowest BCUT2D eigenvalue weighted by Gasteiger charge is -2.56. The minimum atomic E-state index is -0.118. The van der Waals surface area contributed by atoms with E-state index >= 15 is 0 Å². The molecule has 0 saturated heterocycles. The molecule has 1 nitrogen and oxygen atoms in total. The Labute approximate surface area is 186 Å². The SMILES string of the molecule is CC(C)[C@@H](C)C=C[C@@H](C)[C@H]1CCC2=C3C=CC4[C@H](C)[C@@H](O)CC[C@]4(C)[C@H]3CC[C@@]21C. The molecular formula is C29H46O. The van der Waals surface area contributed by atoms with E-state index in [2.05, 4.69) is 72.8 Å². The van der Waals surface area contributed by atoms with Gasteiger partial charge in [0.05, 0.1) is 6.10 Å². The van der Waals surface area contributed by atoms with Gasteiger partial charge in [-0.15, -0.1) is 0 Å². The quantitative estimate of drug-likeness (QED) is 0.474. The van der Waals surface area contributed by atoms with Crippen molar-refractivity contribution in [2.45, 2.75) is 93.1 Å². The fraction of sp³-hybridized carbons (Fsp3) is 0.793. The van der Waals surface area contributed by atoms with Crippen molar-refractivity contribution >= 4 is 0 Å². The normalized spacial score (nSPS) is 45.4. The summed E-state index contributed by atoms with van der Waals surface area (Å²) >= 11 is 0. The predicted octanol–water partition coefficient (Wildman–Crippen LogP) is 7.58. The van der Waals surface area contributed by atoms with Crippen LogP contribution in [0.5, 0.6) is 0 Å². The molecule has 0 bridgehead atoms. The molecule has 2 saturated carbocycles. The summed E-state index contributed by atoms with van der Waals surface area (Å²) < 4.78 is 0. The number of rotatable bonds is 4.